The number of hydrogen-bond donors (Lipinski definition) is 1. The van der Waals surface area contributed by atoms with Gasteiger partial charge in [0.1, 0.15) is 0 Å². The molecule has 7 nitrogen and oxygen atoms in total. The molecule has 1 amide bonds. The standard InChI is InChI=1S/C27H22N2O5/c1-2-25(31)29-20-14-12-18(13-15-20)23(30)17-33-27(32)22-11-7-6-10-21(22)26-28-16-24(34-26)19-8-4-3-5-9-19/h3-16H,2,17H2,1H3,(H,29,31). The van der Waals surface area contributed by atoms with E-state index < -0.39 is 12.6 Å². The van der Waals surface area contributed by atoms with Crippen LogP contribution in [0.5, 0.6) is 0 Å². The summed E-state index contributed by atoms with van der Waals surface area (Å²) in [6, 6.07) is 22.7. The Morgan fingerprint density at radius 1 is 0.912 bits per heavy atom. The van der Waals surface area contributed by atoms with Crippen molar-refractivity contribution in [3.05, 3.63) is 96.2 Å². The molecule has 170 valence electrons. The van der Waals surface area contributed by atoms with Gasteiger partial charge in [-0.25, -0.2) is 9.78 Å². The predicted octanol–water partition coefficient (Wildman–Crippen LogP) is 5.40. The molecule has 0 aliphatic carbocycles. The molecule has 0 saturated heterocycles. The van der Waals surface area contributed by atoms with Crippen LogP contribution in [0.4, 0.5) is 5.69 Å². The lowest BCUT2D eigenvalue weighted by atomic mass is 10.1. The smallest absolute Gasteiger partial charge is 0.339 e. The Labute approximate surface area is 196 Å². The van der Waals surface area contributed by atoms with Gasteiger partial charge >= 0.3 is 5.97 Å². The Morgan fingerprint density at radius 3 is 2.35 bits per heavy atom. The minimum atomic E-state index is -0.657. The molecule has 0 aliphatic heterocycles. The molecular weight excluding hydrogens is 432 g/mol. The van der Waals surface area contributed by atoms with E-state index in [9.17, 15) is 14.4 Å². The average molecular weight is 454 g/mol. The van der Waals surface area contributed by atoms with Gasteiger partial charge in [-0.05, 0) is 36.4 Å². The topological polar surface area (TPSA) is 98.5 Å². The van der Waals surface area contributed by atoms with Crippen molar-refractivity contribution >= 4 is 23.3 Å². The summed E-state index contributed by atoms with van der Waals surface area (Å²) in [5.41, 5.74) is 2.55. The highest BCUT2D eigenvalue weighted by Crippen LogP contribution is 2.28. The molecule has 0 unspecified atom stereocenters. The van der Waals surface area contributed by atoms with E-state index in [2.05, 4.69) is 10.3 Å². The second-order valence-electron chi connectivity index (χ2n) is 7.42. The Bertz CT molecular complexity index is 1310. The molecule has 0 bridgehead atoms. The summed E-state index contributed by atoms with van der Waals surface area (Å²) in [5, 5.41) is 2.71. The Morgan fingerprint density at radius 2 is 1.62 bits per heavy atom. The number of carbonyl (C=O) groups is 3. The second-order valence-corrected chi connectivity index (χ2v) is 7.42. The maximum atomic E-state index is 12.8. The molecule has 0 aliphatic rings. The van der Waals surface area contributed by atoms with Crippen molar-refractivity contribution in [2.75, 3.05) is 11.9 Å². The summed E-state index contributed by atoms with van der Waals surface area (Å²) in [4.78, 5) is 41.0. The van der Waals surface area contributed by atoms with Crippen LogP contribution < -0.4 is 5.32 Å². The highest BCUT2D eigenvalue weighted by molar-refractivity contribution is 6.01. The number of Topliss-reactive ketones (excluding diaryl/α,β-unsaturated/α-hetero) is 1. The maximum Gasteiger partial charge on any atom is 0.339 e. The number of ketones is 1. The Kier molecular flexibility index (Phi) is 6.93. The molecule has 0 radical (unpaired) electrons. The van der Waals surface area contributed by atoms with Crippen molar-refractivity contribution in [3.8, 4) is 22.8 Å². The Balaban J connectivity index is 1.44. The zero-order valence-corrected chi connectivity index (χ0v) is 18.5. The van der Waals surface area contributed by atoms with E-state index in [0.717, 1.165) is 5.56 Å². The molecule has 1 N–H and O–H groups in total. The van der Waals surface area contributed by atoms with E-state index in [-0.39, 0.29) is 23.1 Å². The highest BCUT2D eigenvalue weighted by Gasteiger charge is 2.19. The minimum absolute atomic E-state index is 0.117. The molecule has 7 heteroatoms. The van der Waals surface area contributed by atoms with Gasteiger partial charge in [0, 0.05) is 23.2 Å². The number of amides is 1. The molecular formula is C27H22N2O5. The van der Waals surface area contributed by atoms with E-state index in [0.29, 0.717) is 29.0 Å². The molecule has 0 saturated carbocycles. The zero-order valence-electron chi connectivity index (χ0n) is 18.5. The third kappa shape index (κ3) is 5.27. The third-order valence-corrected chi connectivity index (χ3v) is 5.09. The first-order valence-electron chi connectivity index (χ1n) is 10.8. The van der Waals surface area contributed by atoms with Crippen molar-refractivity contribution in [1.29, 1.82) is 0 Å². The largest absolute Gasteiger partial charge is 0.454 e. The first-order valence-corrected chi connectivity index (χ1v) is 10.8. The van der Waals surface area contributed by atoms with Gasteiger partial charge in [0.05, 0.1) is 17.3 Å². The third-order valence-electron chi connectivity index (χ3n) is 5.09. The van der Waals surface area contributed by atoms with Gasteiger partial charge in [-0.2, -0.15) is 0 Å². The van der Waals surface area contributed by atoms with Crippen LogP contribution in [0, 0.1) is 0 Å². The number of hydrogen-bond acceptors (Lipinski definition) is 6. The van der Waals surface area contributed by atoms with Gasteiger partial charge in [0.2, 0.25) is 11.8 Å². The van der Waals surface area contributed by atoms with Crippen molar-refractivity contribution in [1.82, 2.24) is 4.98 Å². The van der Waals surface area contributed by atoms with Crippen LogP contribution in [-0.4, -0.2) is 29.3 Å². The number of rotatable bonds is 8. The molecule has 0 fully saturated rings. The van der Waals surface area contributed by atoms with Gasteiger partial charge in [0.15, 0.2) is 18.2 Å². The first kappa shape index (κ1) is 22.7. The summed E-state index contributed by atoms with van der Waals surface area (Å²) >= 11 is 0. The molecule has 1 aromatic heterocycles. The number of oxazole rings is 1. The lowest BCUT2D eigenvalue weighted by Crippen LogP contribution is -2.15. The number of carbonyl (C=O) groups excluding carboxylic acids is 3. The number of nitrogens with zero attached hydrogens (tertiary/aromatic N) is 1. The minimum Gasteiger partial charge on any atom is -0.454 e. The molecule has 1 heterocycles. The summed E-state index contributed by atoms with van der Waals surface area (Å²) in [5.74, 6) is -0.277. The number of esters is 1. The summed E-state index contributed by atoms with van der Waals surface area (Å²) in [7, 11) is 0. The van der Waals surface area contributed by atoms with Crippen molar-refractivity contribution < 1.29 is 23.5 Å². The van der Waals surface area contributed by atoms with Gasteiger partial charge in [0.25, 0.3) is 0 Å². The number of benzene rings is 3. The fourth-order valence-corrected chi connectivity index (χ4v) is 3.26. The molecule has 0 spiro atoms. The van der Waals surface area contributed by atoms with Gasteiger partial charge in [-0.3, -0.25) is 9.59 Å². The van der Waals surface area contributed by atoms with E-state index in [1.165, 1.54) is 0 Å². The van der Waals surface area contributed by atoms with Crippen LogP contribution in [0.2, 0.25) is 0 Å². The Hall–Kier alpha value is -4.52. The average Bonchev–Trinajstić information content (AvgIpc) is 3.38. The predicted molar refractivity (Wildman–Crippen MR) is 127 cm³/mol. The van der Waals surface area contributed by atoms with E-state index >= 15 is 0 Å². The van der Waals surface area contributed by atoms with E-state index in [1.54, 1.807) is 61.7 Å². The van der Waals surface area contributed by atoms with Crippen LogP contribution in [-0.2, 0) is 9.53 Å². The fraction of sp³-hybridized carbons (Fsp3) is 0.111. The van der Waals surface area contributed by atoms with Crippen LogP contribution in [0.25, 0.3) is 22.8 Å². The van der Waals surface area contributed by atoms with E-state index in [4.69, 9.17) is 9.15 Å². The van der Waals surface area contributed by atoms with Gasteiger partial charge in [-0.1, -0.05) is 49.4 Å². The molecule has 4 aromatic rings. The summed E-state index contributed by atoms with van der Waals surface area (Å²) < 4.78 is 11.2. The second kappa shape index (κ2) is 10.4. The summed E-state index contributed by atoms with van der Waals surface area (Å²) in [6.07, 6.45) is 1.96. The lowest BCUT2D eigenvalue weighted by molar-refractivity contribution is -0.115. The number of aromatic nitrogens is 1. The van der Waals surface area contributed by atoms with Crippen LogP contribution in [0.3, 0.4) is 0 Å². The first-order chi connectivity index (χ1) is 16.5. The van der Waals surface area contributed by atoms with Crippen LogP contribution in [0.1, 0.15) is 34.1 Å². The molecule has 34 heavy (non-hydrogen) atoms. The zero-order chi connectivity index (χ0) is 23.9. The summed E-state index contributed by atoms with van der Waals surface area (Å²) in [6.45, 7) is 1.33. The number of ether oxygens (including phenoxy) is 1. The lowest BCUT2D eigenvalue weighted by Gasteiger charge is -2.08. The quantitative estimate of drug-likeness (QED) is 0.283. The molecule has 3 aromatic carbocycles. The van der Waals surface area contributed by atoms with Gasteiger partial charge < -0.3 is 14.5 Å². The highest BCUT2D eigenvalue weighted by atomic mass is 16.5. The van der Waals surface area contributed by atoms with Crippen molar-refractivity contribution in [2.24, 2.45) is 0 Å². The van der Waals surface area contributed by atoms with Crippen molar-refractivity contribution in [3.63, 3.8) is 0 Å². The van der Waals surface area contributed by atoms with E-state index in [1.807, 2.05) is 30.3 Å². The van der Waals surface area contributed by atoms with Crippen LogP contribution in [0.15, 0.2) is 89.5 Å². The van der Waals surface area contributed by atoms with Crippen LogP contribution >= 0.6 is 0 Å². The monoisotopic (exact) mass is 454 g/mol. The van der Waals surface area contributed by atoms with Gasteiger partial charge in [-0.15, -0.1) is 0 Å². The number of anilines is 1. The normalized spacial score (nSPS) is 10.5. The SMILES string of the molecule is CCC(=O)Nc1ccc(C(=O)COC(=O)c2ccccc2-c2ncc(-c3ccccc3)o2)cc1. The van der Waals surface area contributed by atoms with Crippen molar-refractivity contribution in [2.45, 2.75) is 13.3 Å². The fourth-order valence-electron chi connectivity index (χ4n) is 3.26. The molecule has 0 atom stereocenters. The molecule has 4 rings (SSSR count). The number of nitrogens with one attached hydrogen (secondary N) is 1. The maximum absolute atomic E-state index is 12.8.